The van der Waals surface area contributed by atoms with E-state index in [-0.39, 0.29) is 36.3 Å². The topological polar surface area (TPSA) is 54.0 Å². The molecule has 5 fully saturated rings. The summed E-state index contributed by atoms with van der Waals surface area (Å²) in [6, 6.07) is 17.7. The summed E-state index contributed by atoms with van der Waals surface area (Å²) in [5, 5.41) is 0. The van der Waals surface area contributed by atoms with Gasteiger partial charge in [-0.1, -0.05) is 30.3 Å². The molecule has 2 aromatic rings. The number of rotatable bonds is 5. The van der Waals surface area contributed by atoms with Crippen LogP contribution in [0.3, 0.4) is 0 Å². The molecular formula is C27H31BO5. The van der Waals surface area contributed by atoms with E-state index in [4.69, 9.17) is 18.8 Å². The van der Waals surface area contributed by atoms with Crippen molar-refractivity contribution in [1.29, 1.82) is 0 Å². The molecule has 5 aliphatic rings. The molecule has 6 heteroatoms. The molecule has 1 aliphatic heterocycles. The maximum Gasteiger partial charge on any atom is 0.462 e. The van der Waals surface area contributed by atoms with Gasteiger partial charge >= 0.3 is 13.1 Å². The third-order valence-electron chi connectivity index (χ3n) is 9.21. The first-order chi connectivity index (χ1) is 15.7. The van der Waals surface area contributed by atoms with Crippen LogP contribution in [0.5, 0.6) is 5.75 Å². The fraction of sp³-hybridized carbons (Fsp3) is 0.519. The minimum atomic E-state index is -0.396. The SMILES string of the molecule is COc1ccc(C23C4CC(C(OC(=O)c5ccccc5)C42)C3B2OC(C)(C)C(C)(C)O2)cc1. The van der Waals surface area contributed by atoms with Crippen LogP contribution in [0.2, 0.25) is 5.82 Å². The molecule has 33 heavy (non-hydrogen) atoms. The number of hydrogen-bond donors (Lipinski definition) is 0. The van der Waals surface area contributed by atoms with Crippen molar-refractivity contribution in [3.05, 3.63) is 65.7 Å². The molecule has 1 saturated heterocycles. The van der Waals surface area contributed by atoms with E-state index in [1.54, 1.807) is 7.11 Å². The fourth-order valence-corrected chi connectivity index (χ4v) is 7.09. The highest BCUT2D eigenvalue weighted by Crippen LogP contribution is 2.85. The van der Waals surface area contributed by atoms with Crippen LogP contribution in [0.4, 0.5) is 0 Å². The molecule has 6 unspecified atom stereocenters. The third-order valence-corrected chi connectivity index (χ3v) is 9.21. The van der Waals surface area contributed by atoms with Crippen molar-refractivity contribution in [1.82, 2.24) is 0 Å². The van der Waals surface area contributed by atoms with Gasteiger partial charge in [-0.3, -0.25) is 0 Å². The molecule has 7 rings (SSSR count). The van der Waals surface area contributed by atoms with Gasteiger partial charge in [0.25, 0.3) is 0 Å². The van der Waals surface area contributed by atoms with Gasteiger partial charge in [0.05, 0.1) is 23.9 Å². The number of carbonyl (C=O) groups excluding carboxylic acids is 1. The van der Waals surface area contributed by atoms with Crippen molar-refractivity contribution in [2.75, 3.05) is 7.11 Å². The minimum Gasteiger partial charge on any atom is -0.497 e. The van der Waals surface area contributed by atoms with Gasteiger partial charge in [0, 0.05) is 17.2 Å². The third kappa shape index (κ3) is 2.77. The lowest BCUT2D eigenvalue weighted by atomic mass is 9.60. The van der Waals surface area contributed by atoms with Gasteiger partial charge in [0.15, 0.2) is 0 Å². The molecule has 4 aliphatic carbocycles. The van der Waals surface area contributed by atoms with Crippen LogP contribution in [0.25, 0.3) is 0 Å². The Hall–Kier alpha value is -2.31. The normalized spacial score (nSPS) is 36.6. The number of carbonyl (C=O) groups is 1. The highest BCUT2D eigenvalue weighted by atomic mass is 16.7. The van der Waals surface area contributed by atoms with Crippen molar-refractivity contribution in [2.45, 2.75) is 62.7 Å². The van der Waals surface area contributed by atoms with E-state index < -0.39 is 11.2 Å². The summed E-state index contributed by atoms with van der Waals surface area (Å²) in [4.78, 5) is 13.0. The number of ether oxygens (including phenoxy) is 2. The smallest absolute Gasteiger partial charge is 0.462 e. The predicted molar refractivity (Wildman–Crippen MR) is 125 cm³/mol. The number of hydrogen-bond acceptors (Lipinski definition) is 5. The Morgan fingerprint density at radius 1 is 0.970 bits per heavy atom. The van der Waals surface area contributed by atoms with Crippen molar-refractivity contribution in [3.8, 4) is 5.75 Å². The van der Waals surface area contributed by atoms with Crippen LogP contribution in [0, 0.1) is 17.8 Å². The van der Waals surface area contributed by atoms with E-state index in [2.05, 4.69) is 39.8 Å². The van der Waals surface area contributed by atoms with Crippen molar-refractivity contribution in [3.63, 3.8) is 0 Å². The van der Waals surface area contributed by atoms with Gasteiger partial charge in [-0.05, 0) is 75.8 Å². The monoisotopic (exact) mass is 446 g/mol. The maximum absolute atomic E-state index is 13.0. The molecule has 5 nitrogen and oxygen atoms in total. The predicted octanol–water partition coefficient (Wildman–Crippen LogP) is 4.90. The summed E-state index contributed by atoms with van der Waals surface area (Å²) in [6.45, 7) is 8.40. The van der Waals surface area contributed by atoms with Gasteiger partial charge in [0.1, 0.15) is 11.9 Å². The Kier molecular flexibility index (Phi) is 4.42. The highest BCUT2D eigenvalue weighted by molar-refractivity contribution is 6.48. The average molecular weight is 446 g/mol. The van der Waals surface area contributed by atoms with E-state index in [1.165, 1.54) is 5.56 Å². The summed E-state index contributed by atoms with van der Waals surface area (Å²) in [6.07, 6.45) is 0.923. The lowest BCUT2D eigenvalue weighted by Crippen LogP contribution is -2.41. The van der Waals surface area contributed by atoms with Crippen molar-refractivity contribution >= 4 is 13.1 Å². The number of esters is 1. The van der Waals surface area contributed by atoms with E-state index in [1.807, 2.05) is 42.5 Å². The second-order valence-electron chi connectivity index (χ2n) is 11.1. The van der Waals surface area contributed by atoms with Gasteiger partial charge in [0.2, 0.25) is 0 Å². The van der Waals surface area contributed by atoms with Crippen LogP contribution in [-0.2, 0) is 19.5 Å². The number of methoxy groups -OCH3 is 1. The van der Waals surface area contributed by atoms with Gasteiger partial charge < -0.3 is 18.8 Å². The van der Waals surface area contributed by atoms with Crippen molar-refractivity contribution in [2.24, 2.45) is 17.8 Å². The van der Waals surface area contributed by atoms with Crippen LogP contribution >= 0.6 is 0 Å². The Labute approximate surface area is 195 Å². The largest absolute Gasteiger partial charge is 0.497 e. The Morgan fingerprint density at radius 3 is 2.21 bits per heavy atom. The Morgan fingerprint density at radius 2 is 1.61 bits per heavy atom. The molecule has 4 bridgehead atoms. The molecule has 6 atom stereocenters. The van der Waals surface area contributed by atoms with Crippen LogP contribution in [-0.4, -0.2) is 37.5 Å². The summed E-state index contributed by atoms with van der Waals surface area (Å²) in [5.41, 5.74) is 1.00. The summed E-state index contributed by atoms with van der Waals surface area (Å²) >= 11 is 0. The van der Waals surface area contributed by atoms with Gasteiger partial charge in [-0.15, -0.1) is 0 Å². The zero-order valence-corrected chi connectivity index (χ0v) is 19.9. The Balaban J connectivity index is 1.36. The van der Waals surface area contributed by atoms with Gasteiger partial charge in [-0.2, -0.15) is 0 Å². The van der Waals surface area contributed by atoms with E-state index in [9.17, 15) is 4.79 Å². The molecule has 4 saturated carbocycles. The maximum atomic E-state index is 13.0. The average Bonchev–Trinajstić information content (AvgIpc) is 3.07. The quantitative estimate of drug-likeness (QED) is 0.483. The van der Waals surface area contributed by atoms with E-state index in [0.717, 1.165) is 12.2 Å². The van der Waals surface area contributed by atoms with Crippen LogP contribution < -0.4 is 4.74 Å². The molecule has 0 amide bonds. The molecule has 0 spiro atoms. The fourth-order valence-electron chi connectivity index (χ4n) is 7.09. The first-order valence-corrected chi connectivity index (χ1v) is 12.0. The second-order valence-corrected chi connectivity index (χ2v) is 11.1. The van der Waals surface area contributed by atoms with E-state index in [0.29, 0.717) is 17.4 Å². The molecular weight excluding hydrogens is 415 g/mol. The van der Waals surface area contributed by atoms with Crippen molar-refractivity contribution < 1.29 is 23.6 Å². The van der Waals surface area contributed by atoms with Crippen LogP contribution in [0.1, 0.15) is 50.0 Å². The standard InChI is InChI=1S/C27H31BO5/c1-25(2)26(3,4)33-28(32-25)23-19-15-20-21(22(19)31-24(29)16-9-7-6-8-10-16)27(20,23)17-11-13-18(30-5)14-12-17/h6-14,19-23H,15H2,1-5H3. The van der Waals surface area contributed by atoms with Crippen LogP contribution in [0.15, 0.2) is 54.6 Å². The molecule has 172 valence electrons. The van der Waals surface area contributed by atoms with Gasteiger partial charge in [-0.25, -0.2) is 4.79 Å². The second kappa shape index (κ2) is 6.86. The summed E-state index contributed by atoms with van der Waals surface area (Å²) in [7, 11) is 1.36. The lowest BCUT2D eigenvalue weighted by Gasteiger charge is -2.32. The first-order valence-electron chi connectivity index (χ1n) is 12.0. The zero-order chi connectivity index (χ0) is 23.2. The summed E-state index contributed by atoms with van der Waals surface area (Å²) in [5.74, 6) is 1.76. The highest BCUT2D eigenvalue weighted by Gasteiger charge is 2.87. The first kappa shape index (κ1) is 21.2. The molecule has 0 radical (unpaired) electrons. The number of benzene rings is 2. The molecule has 2 aromatic carbocycles. The zero-order valence-electron chi connectivity index (χ0n) is 19.9. The summed E-state index contributed by atoms with van der Waals surface area (Å²) < 4.78 is 24.8. The lowest BCUT2D eigenvalue weighted by molar-refractivity contribution is 0.00578. The van der Waals surface area contributed by atoms with E-state index >= 15 is 0 Å². The minimum absolute atomic E-state index is 0.0836. The molecule has 0 aromatic heterocycles. The Bertz CT molecular complexity index is 1070. The molecule has 1 heterocycles. The molecule has 0 N–H and O–H groups in total.